The molecular formula is C10H15N3O4. The molecule has 0 radical (unpaired) electrons. The van der Waals surface area contributed by atoms with Crippen LogP contribution >= 0.6 is 0 Å². The van der Waals surface area contributed by atoms with Gasteiger partial charge in [-0.2, -0.15) is 4.98 Å². The lowest BCUT2D eigenvalue weighted by Gasteiger charge is -2.29. The van der Waals surface area contributed by atoms with Crippen molar-refractivity contribution < 1.29 is 19.1 Å². The second-order valence-corrected chi connectivity index (χ2v) is 3.98. The van der Waals surface area contributed by atoms with E-state index in [4.69, 9.17) is 14.3 Å². The van der Waals surface area contributed by atoms with Crippen LogP contribution in [0.3, 0.4) is 0 Å². The molecule has 1 aliphatic rings. The van der Waals surface area contributed by atoms with Crippen molar-refractivity contribution in [3.63, 3.8) is 0 Å². The highest BCUT2D eigenvalue weighted by molar-refractivity contribution is 5.85. The summed E-state index contributed by atoms with van der Waals surface area (Å²) in [4.78, 5) is 16.5. The van der Waals surface area contributed by atoms with Crippen LogP contribution in [-0.4, -0.2) is 60.4 Å². The minimum Gasteiger partial charge on any atom is -0.476 e. The van der Waals surface area contributed by atoms with E-state index in [9.17, 15) is 4.79 Å². The molecule has 1 atom stereocenters. The van der Waals surface area contributed by atoms with Gasteiger partial charge in [0.15, 0.2) is 5.69 Å². The number of ether oxygens (including phenoxy) is 1. The van der Waals surface area contributed by atoms with Gasteiger partial charge in [-0.25, -0.2) is 4.79 Å². The molecule has 1 aromatic heterocycles. The average molecular weight is 241 g/mol. The first-order valence-corrected chi connectivity index (χ1v) is 5.38. The van der Waals surface area contributed by atoms with E-state index in [1.807, 2.05) is 7.05 Å². The van der Waals surface area contributed by atoms with Gasteiger partial charge in [-0.1, -0.05) is 0 Å². The number of hydrogen-bond acceptors (Lipinski definition) is 6. The highest BCUT2D eigenvalue weighted by Gasteiger charge is 2.18. The zero-order valence-electron chi connectivity index (χ0n) is 9.55. The molecule has 17 heavy (non-hydrogen) atoms. The number of aromatic nitrogens is 1. The van der Waals surface area contributed by atoms with Gasteiger partial charge in [0.05, 0.1) is 12.7 Å². The summed E-state index contributed by atoms with van der Waals surface area (Å²) in [5, 5.41) is 11.6. The fraction of sp³-hybridized carbons (Fsp3) is 0.600. The molecule has 1 unspecified atom stereocenters. The Hall–Kier alpha value is -1.60. The molecule has 1 saturated heterocycles. The summed E-state index contributed by atoms with van der Waals surface area (Å²) in [5.74, 6) is -1.10. The Balaban J connectivity index is 1.82. The number of hydrogen-bond donors (Lipinski definition) is 2. The predicted molar refractivity (Wildman–Crippen MR) is 59.2 cm³/mol. The summed E-state index contributed by atoms with van der Waals surface area (Å²) in [5.41, 5.74) is -0.103. The summed E-state index contributed by atoms with van der Waals surface area (Å²) in [7, 11) is 2.03. The number of anilines is 1. The minimum absolute atomic E-state index is 0.0638. The SMILES string of the molecule is CN1CCOC(CNc2nc(C(=O)O)co2)C1. The number of nitrogens with one attached hydrogen (secondary N) is 1. The Morgan fingerprint density at radius 2 is 2.59 bits per heavy atom. The third-order valence-electron chi connectivity index (χ3n) is 2.55. The zero-order chi connectivity index (χ0) is 12.3. The lowest BCUT2D eigenvalue weighted by atomic mass is 10.3. The molecule has 0 spiro atoms. The molecule has 2 N–H and O–H groups in total. The third-order valence-corrected chi connectivity index (χ3v) is 2.55. The van der Waals surface area contributed by atoms with E-state index in [2.05, 4.69) is 15.2 Å². The number of nitrogens with zero attached hydrogens (tertiary/aromatic N) is 2. The monoisotopic (exact) mass is 241 g/mol. The first-order chi connectivity index (χ1) is 8.15. The topological polar surface area (TPSA) is 87.8 Å². The molecule has 7 nitrogen and oxygen atoms in total. The number of carboxylic acids is 1. The van der Waals surface area contributed by atoms with Gasteiger partial charge in [-0.3, -0.25) is 0 Å². The second kappa shape index (κ2) is 5.15. The highest BCUT2D eigenvalue weighted by atomic mass is 16.5. The largest absolute Gasteiger partial charge is 0.476 e. The molecule has 2 heterocycles. The molecule has 1 fully saturated rings. The maximum Gasteiger partial charge on any atom is 0.357 e. The molecule has 0 aliphatic carbocycles. The molecule has 2 rings (SSSR count). The Kier molecular flexibility index (Phi) is 3.60. The summed E-state index contributed by atoms with van der Waals surface area (Å²) >= 11 is 0. The molecule has 94 valence electrons. The summed E-state index contributed by atoms with van der Waals surface area (Å²) in [6.45, 7) is 3.01. The molecular weight excluding hydrogens is 226 g/mol. The molecule has 0 aromatic carbocycles. The van der Waals surface area contributed by atoms with E-state index in [0.717, 1.165) is 19.4 Å². The Morgan fingerprint density at radius 1 is 1.76 bits per heavy atom. The quantitative estimate of drug-likeness (QED) is 0.773. The van der Waals surface area contributed by atoms with Crippen LogP contribution < -0.4 is 5.32 Å². The van der Waals surface area contributed by atoms with Crippen molar-refractivity contribution in [1.82, 2.24) is 9.88 Å². The van der Waals surface area contributed by atoms with Gasteiger partial charge in [0, 0.05) is 19.6 Å². The van der Waals surface area contributed by atoms with Crippen molar-refractivity contribution in [2.45, 2.75) is 6.10 Å². The van der Waals surface area contributed by atoms with Gasteiger partial charge in [0.1, 0.15) is 6.26 Å². The van der Waals surface area contributed by atoms with Gasteiger partial charge < -0.3 is 24.5 Å². The maximum atomic E-state index is 10.6. The minimum atomic E-state index is -1.10. The van der Waals surface area contributed by atoms with E-state index in [0.29, 0.717) is 13.2 Å². The second-order valence-electron chi connectivity index (χ2n) is 3.98. The lowest BCUT2D eigenvalue weighted by molar-refractivity contribution is -0.0119. The van der Waals surface area contributed by atoms with E-state index in [1.54, 1.807) is 0 Å². The first-order valence-electron chi connectivity index (χ1n) is 5.38. The molecule has 1 aromatic rings. The van der Waals surface area contributed by atoms with Crippen LogP contribution in [0.15, 0.2) is 10.7 Å². The number of morpholine rings is 1. The van der Waals surface area contributed by atoms with Crippen LogP contribution in [0.1, 0.15) is 10.5 Å². The van der Waals surface area contributed by atoms with Gasteiger partial charge in [-0.05, 0) is 7.05 Å². The molecule has 0 bridgehead atoms. The Morgan fingerprint density at radius 3 is 3.24 bits per heavy atom. The normalized spacial score (nSPS) is 21.4. The van der Waals surface area contributed by atoms with Gasteiger partial charge in [0.2, 0.25) is 0 Å². The highest BCUT2D eigenvalue weighted by Crippen LogP contribution is 2.09. The predicted octanol–water partition coefficient (Wildman–Crippen LogP) is 0.115. The van der Waals surface area contributed by atoms with Crippen LogP contribution in [-0.2, 0) is 4.74 Å². The van der Waals surface area contributed by atoms with E-state index < -0.39 is 5.97 Å². The smallest absolute Gasteiger partial charge is 0.357 e. The van der Waals surface area contributed by atoms with Crippen molar-refractivity contribution in [2.24, 2.45) is 0 Å². The number of carbonyl (C=O) groups is 1. The molecule has 0 amide bonds. The third kappa shape index (κ3) is 3.18. The number of likely N-dealkylation sites (N-methyl/N-ethyl adjacent to an activating group) is 1. The lowest BCUT2D eigenvalue weighted by Crippen LogP contribution is -2.43. The zero-order valence-corrected chi connectivity index (χ0v) is 9.55. The van der Waals surface area contributed by atoms with Crippen LogP contribution in [0.25, 0.3) is 0 Å². The summed E-state index contributed by atoms with van der Waals surface area (Å²) < 4.78 is 10.5. The number of carboxylic acid groups (broad SMARTS) is 1. The van der Waals surface area contributed by atoms with Gasteiger partial charge in [-0.15, -0.1) is 0 Å². The van der Waals surface area contributed by atoms with Crippen molar-refractivity contribution in [3.05, 3.63) is 12.0 Å². The van der Waals surface area contributed by atoms with Crippen LogP contribution in [0.5, 0.6) is 0 Å². The van der Waals surface area contributed by atoms with Crippen molar-refractivity contribution in [1.29, 1.82) is 0 Å². The molecule has 7 heteroatoms. The van der Waals surface area contributed by atoms with Crippen LogP contribution in [0.4, 0.5) is 6.01 Å². The van der Waals surface area contributed by atoms with Crippen molar-refractivity contribution in [2.75, 3.05) is 38.6 Å². The number of oxazole rings is 1. The van der Waals surface area contributed by atoms with E-state index in [1.165, 1.54) is 0 Å². The average Bonchev–Trinajstić information content (AvgIpc) is 2.75. The van der Waals surface area contributed by atoms with Crippen LogP contribution in [0, 0.1) is 0 Å². The van der Waals surface area contributed by atoms with E-state index in [-0.39, 0.29) is 17.8 Å². The summed E-state index contributed by atoms with van der Waals surface area (Å²) in [6, 6.07) is 0.208. The Labute approximate surface area is 98.4 Å². The van der Waals surface area contributed by atoms with Crippen molar-refractivity contribution >= 4 is 12.0 Å². The van der Waals surface area contributed by atoms with Crippen molar-refractivity contribution in [3.8, 4) is 0 Å². The van der Waals surface area contributed by atoms with Gasteiger partial charge >= 0.3 is 5.97 Å². The first kappa shape index (κ1) is 11.9. The van der Waals surface area contributed by atoms with Crippen LogP contribution in [0.2, 0.25) is 0 Å². The van der Waals surface area contributed by atoms with Gasteiger partial charge in [0.25, 0.3) is 6.01 Å². The Bertz CT molecular complexity index is 393. The van der Waals surface area contributed by atoms with E-state index >= 15 is 0 Å². The molecule has 0 saturated carbocycles. The summed E-state index contributed by atoms with van der Waals surface area (Å²) in [6.07, 6.45) is 1.17. The number of aromatic carboxylic acids is 1. The molecule has 1 aliphatic heterocycles. The fourth-order valence-electron chi connectivity index (χ4n) is 1.64. The standard InChI is InChI=1S/C10H15N3O4/c1-13-2-3-16-7(5-13)4-11-10-12-8(6-17-10)9(14)15/h6-7H,2-5H2,1H3,(H,11,12)(H,14,15). The maximum absolute atomic E-state index is 10.6. The fourth-order valence-corrected chi connectivity index (χ4v) is 1.64. The number of rotatable bonds is 4.